The lowest BCUT2D eigenvalue weighted by Crippen LogP contribution is -2.44. The molecule has 4 nitrogen and oxygen atoms in total. The van der Waals surface area contributed by atoms with Crippen LogP contribution in [0.4, 0.5) is 0 Å². The van der Waals surface area contributed by atoms with Crippen molar-refractivity contribution >= 4 is 21.9 Å². The molecule has 1 fully saturated rings. The Kier molecular flexibility index (Phi) is 4.47. The Morgan fingerprint density at radius 3 is 2.79 bits per heavy atom. The number of carboxylic acid groups (broad SMARTS) is 1. The Morgan fingerprint density at radius 2 is 2.21 bits per heavy atom. The van der Waals surface area contributed by atoms with E-state index in [-0.39, 0.29) is 5.92 Å². The zero-order valence-corrected chi connectivity index (χ0v) is 12.7. The maximum Gasteiger partial charge on any atom is 0.306 e. The number of hydrogen-bond donors (Lipinski definition) is 1. The third kappa shape index (κ3) is 3.28. The Labute approximate surface area is 121 Å². The number of halogens is 1. The third-order valence-corrected chi connectivity index (χ3v) is 4.24. The average molecular weight is 328 g/mol. The normalized spacial score (nSPS) is 22.1. The summed E-state index contributed by atoms with van der Waals surface area (Å²) in [6.45, 7) is 0.764. The summed E-state index contributed by atoms with van der Waals surface area (Å²) in [5.74, 6) is 0.0192. The van der Waals surface area contributed by atoms with Gasteiger partial charge in [-0.3, -0.25) is 9.69 Å². The van der Waals surface area contributed by atoms with E-state index in [0.29, 0.717) is 6.04 Å². The van der Waals surface area contributed by atoms with Crippen LogP contribution in [0, 0.1) is 5.92 Å². The lowest BCUT2D eigenvalue weighted by molar-refractivity contribution is -0.146. The molecule has 0 aliphatic heterocycles. The topological polar surface area (TPSA) is 49.8 Å². The summed E-state index contributed by atoms with van der Waals surface area (Å²) in [4.78, 5) is 13.0. The first-order valence-electron chi connectivity index (χ1n) is 6.26. The molecule has 1 aliphatic carbocycles. The molecule has 19 heavy (non-hydrogen) atoms. The second kappa shape index (κ2) is 5.92. The Bertz CT molecular complexity index is 472. The van der Waals surface area contributed by atoms with Crippen molar-refractivity contribution in [2.45, 2.75) is 25.4 Å². The smallest absolute Gasteiger partial charge is 0.306 e. The summed E-state index contributed by atoms with van der Waals surface area (Å²) in [7, 11) is 3.69. The van der Waals surface area contributed by atoms with E-state index in [1.807, 2.05) is 25.2 Å². The lowest BCUT2D eigenvalue weighted by Gasteiger charge is -2.39. The van der Waals surface area contributed by atoms with Crippen LogP contribution in [0.2, 0.25) is 0 Å². The molecule has 1 aromatic rings. The number of carbonyl (C=O) groups is 1. The maximum atomic E-state index is 10.8. The van der Waals surface area contributed by atoms with Gasteiger partial charge >= 0.3 is 5.97 Å². The maximum absolute atomic E-state index is 10.8. The molecule has 1 aromatic carbocycles. The SMILES string of the molecule is COc1ccc(Br)cc1CN(C)C1CC(C(=O)O)C1. The van der Waals surface area contributed by atoms with E-state index >= 15 is 0 Å². The number of carboxylic acids is 1. The number of rotatable bonds is 5. The molecule has 5 heteroatoms. The third-order valence-electron chi connectivity index (χ3n) is 3.75. The molecule has 0 unspecified atom stereocenters. The van der Waals surface area contributed by atoms with Crippen molar-refractivity contribution in [1.82, 2.24) is 4.90 Å². The summed E-state index contributed by atoms with van der Waals surface area (Å²) < 4.78 is 6.37. The average Bonchev–Trinajstić information content (AvgIpc) is 2.26. The first kappa shape index (κ1) is 14.3. The highest BCUT2D eigenvalue weighted by Gasteiger charge is 2.36. The minimum atomic E-state index is -0.676. The van der Waals surface area contributed by atoms with Gasteiger partial charge in [0.25, 0.3) is 0 Å². The van der Waals surface area contributed by atoms with Crippen molar-refractivity contribution in [3.63, 3.8) is 0 Å². The number of hydrogen-bond acceptors (Lipinski definition) is 3. The Morgan fingerprint density at radius 1 is 1.53 bits per heavy atom. The molecule has 0 saturated heterocycles. The Balaban J connectivity index is 1.98. The van der Waals surface area contributed by atoms with Crippen LogP contribution in [-0.4, -0.2) is 36.2 Å². The van der Waals surface area contributed by atoms with Gasteiger partial charge in [-0.25, -0.2) is 0 Å². The van der Waals surface area contributed by atoms with Gasteiger partial charge in [-0.15, -0.1) is 0 Å². The van der Waals surface area contributed by atoms with Gasteiger partial charge < -0.3 is 9.84 Å². The summed E-state index contributed by atoms with van der Waals surface area (Å²) in [6, 6.07) is 6.29. The zero-order chi connectivity index (χ0) is 14.0. The van der Waals surface area contributed by atoms with E-state index in [1.54, 1.807) is 7.11 Å². The number of methoxy groups -OCH3 is 1. The second-order valence-corrected chi connectivity index (χ2v) is 5.95. The fourth-order valence-electron chi connectivity index (χ4n) is 2.42. The molecule has 0 radical (unpaired) electrons. The van der Waals surface area contributed by atoms with Gasteiger partial charge in [0.2, 0.25) is 0 Å². The summed E-state index contributed by atoms with van der Waals surface area (Å²) in [6.07, 6.45) is 1.48. The molecular weight excluding hydrogens is 310 g/mol. The van der Waals surface area contributed by atoms with E-state index < -0.39 is 5.97 Å². The summed E-state index contributed by atoms with van der Waals surface area (Å²) in [5, 5.41) is 8.90. The fourth-order valence-corrected chi connectivity index (χ4v) is 2.83. The molecule has 0 spiro atoms. The molecule has 0 atom stereocenters. The van der Waals surface area contributed by atoms with Crippen LogP contribution < -0.4 is 4.74 Å². The number of nitrogens with zero attached hydrogens (tertiary/aromatic N) is 1. The van der Waals surface area contributed by atoms with Crippen molar-refractivity contribution in [2.24, 2.45) is 5.92 Å². The van der Waals surface area contributed by atoms with E-state index in [4.69, 9.17) is 9.84 Å². The highest BCUT2D eigenvalue weighted by Crippen LogP contribution is 2.33. The van der Waals surface area contributed by atoms with Crippen LogP contribution in [-0.2, 0) is 11.3 Å². The first-order valence-corrected chi connectivity index (χ1v) is 7.06. The monoisotopic (exact) mass is 327 g/mol. The van der Waals surface area contributed by atoms with Crippen molar-refractivity contribution in [1.29, 1.82) is 0 Å². The van der Waals surface area contributed by atoms with E-state index in [0.717, 1.165) is 35.2 Å². The minimum Gasteiger partial charge on any atom is -0.496 e. The number of aliphatic carboxylic acids is 1. The first-order chi connectivity index (χ1) is 9.01. The van der Waals surface area contributed by atoms with Crippen molar-refractivity contribution < 1.29 is 14.6 Å². The Hall–Kier alpha value is -1.07. The van der Waals surface area contributed by atoms with Crippen LogP contribution in [0.3, 0.4) is 0 Å². The minimum absolute atomic E-state index is 0.170. The van der Waals surface area contributed by atoms with Crippen LogP contribution in [0.5, 0.6) is 5.75 Å². The molecule has 2 rings (SSSR count). The molecule has 104 valence electrons. The summed E-state index contributed by atoms with van der Waals surface area (Å²) in [5.41, 5.74) is 1.11. The van der Waals surface area contributed by atoms with Gasteiger partial charge in [0, 0.05) is 22.6 Å². The summed E-state index contributed by atoms with van der Waals surface area (Å²) >= 11 is 3.46. The van der Waals surface area contributed by atoms with Gasteiger partial charge in [-0.2, -0.15) is 0 Å². The van der Waals surface area contributed by atoms with Gasteiger partial charge in [0.05, 0.1) is 13.0 Å². The highest BCUT2D eigenvalue weighted by atomic mass is 79.9. The van der Waals surface area contributed by atoms with E-state index in [9.17, 15) is 4.79 Å². The fraction of sp³-hybridized carbons (Fsp3) is 0.500. The molecule has 0 aromatic heterocycles. The molecule has 0 bridgehead atoms. The van der Waals surface area contributed by atoms with Crippen LogP contribution in [0.15, 0.2) is 22.7 Å². The van der Waals surface area contributed by atoms with E-state index in [1.165, 1.54) is 0 Å². The second-order valence-electron chi connectivity index (χ2n) is 5.03. The lowest BCUT2D eigenvalue weighted by atomic mass is 9.79. The largest absolute Gasteiger partial charge is 0.496 e. The standard InChI is InChI=1S/C14H18BrNO3/c1-16(12-6-9(7-12)14(17)18)8-10-5-11(15)3-4-13(10)19-2/h3-5,9,12H,6-8H2,1-2H3,(H,17,18). The van der Waals surface area contributed by atoms with Gasteiger partial charge in [-0.1, -0.05) is 15.9 Å². The van der Waals surface area contributed by atoms with Crippen LogP contribution >= 0.6 is 15.9 Å². The highest BCUT2D eigenvalue weighted by molar-refractivity contribution is 9.10. The van der Waals surface area contributed by atoms with Gasteiger partial charge in [-0.05, 0) is 38.1 Å². The van der Waals surface area contributed by atoms with Crippen LogP contribution in [0.25, 0.3) is 0 Å². The van der Waals surface area contributed by atoms with Crippen LogP contribution in [0.1, 0.15) is 18.4 Å². The molecule has 1 saturated carbocycles. The molecule has 0 heterocycles. The predicted molar refractivity (Wildman–Crippen MR) is 76.3 cm³/mol. The molecule has 0 amide bonds. The van der Waals surface area contributed by atoms with Crippen molar-refractivity contribution in [3.05, 3.63) is 28.2 Å². The van der Waals surface area contributed by atoms with E-state index in [2.05, 4.69) is 20.8 Å². The van der Waals surface area contributed by atoms with Crippen molar-refractivity contribution in [2.75, 3.05) is 14.2 Å². The number of benzene rings is 1. The van der Waals surface area contributed by atoms with Gasteiger partial charge in [0.15, 0.2) is 0 Å². The molecule has 1 aliphatic rings. The predicted octanol–water partition coefficient (Wildman–Crippen LogP) is 2.75. The van der Waals surface area contributed by atoms with Gasteiger partial charge in [0.1, 0.15) is 5.75 Å². The number of ether oxygens (including phenoxy) is 1. The zero-order valence-electron chi connectivity index (χ0n) is 11.1. The molecular formula is C14H18BrNO3. The molecule has 1 N–H and O–H groups in total. The quantitative estimate of drug-likeness (QED) is 0.903. The van der Waals surface area contributed by atoms with Crippen molar-refractivity contribution in [3.8, 4) is 5.75 Å².